The molecule has 0 fully saturated rings. The first-order valence-electron chi connectivity index (χ1n) is 6.11. The number of carboxylic acid groups (broad SMARTS) is 1. The maximum atomic E-state index is 10.9. The van der Waals surface area contributed by atoms with Gasteiger partial charge in [0.25, 0.3) is 0 Å². The van der Waals surface area contributed by atoms with E-state index in [1.54, 1.807) is 0 Å². The summed E-state index contributed by atoms with van der Waals surface area (Å²) in [6.45, 7) is 3.88. The van der Waals surface area contributed by atoms with Gasteiger partial charge >= 0.3 is 5.97 Å². The van der Waals surface area contributed by atoms with Crippen LogP contribution in [0.25, 0.3) is 11.0 Å². The minimum atomic E-state index is -0.785. The maximum absolute atomic E-state index is 10.9. The molecule has 0 atom stereocenters. The number of halogens is 1. The molecule has 1 aromatic carbocycles. The second-order valence-electron chi connectivity index (χ2n) is 5.63. The zero-order valence-corrected chi connectivity index (χ0v) is 12.0. The largest absolute Gasteiger partial charge is 0.481 e. The van der Waals surface area contributed by atoms with Crippen molar-refractivity contribution in [3.63, 3.8) is 0 Å². The van der Waals surface area contributed by atoms with Crippen LogP contribution >= 0.6 is 11.6 Å². The monoisotopic (exact) mass is 280 g/mol. The highest BCUT2D eigenvalue weighted by Crippen LogP contribution is 2.28. The summed E-state index contributed by atoms with van der Waals surface area (Å²) in [6, 6.07) is 5.58. The lowest BCUT2D eigenvalue weighted by Gasteiger charge is -2.21. The summed E-state index contributed by atoms with van der Waals surface area (Å²) >= 11 is 5.96. The van der Waals surface area contributed by atoms with E-state index < -0.39 is 5.97 Å². The van der Waals surface area contributed by atoms with Gasteiger partial charge in [0.1, 0.15) is 5.82 Å². The number of hydrogen-bond donors (Lipinski definition) is 1. The van der Waals surface area contributed by atoms with Crippen LogP contribution in [0.3, 0.4) is 0 Å². The normalized spacial score (nSPS) is 12.0. The quantitative estimate of drug-likeness (QED) is 0.935. The first-order chi connectivity index (χ1) is 8.78. The third-order valence-electron chi connectivity index (χ3n) is 3.20. The van der Waals surface area contributed by atoms with Crippen LogP contribution in [-0.2, 0) is 18.3 Å². The Morgan fingerprint density at radius 2 is 2.16 bits per heavy atom. The van der Waals surface area contributed by atoms with E-state index in [1.165, 1.54) is 0 Å². The van der Waals surface area contributed by atoms with Gasteiger partial charge in [-0.3, -0.25) is 4.79 Å². The Morgan fingerprint density at radius 3 is 2.79 bits per heavy atom. The number of nitrogens with zero attached hydrogens (tertiary/aromatic N) is 2. The van der Waals surface area contributed by atoms with E-state index in [1.807, 2.05) is 43.7 Å². The molecule has 1 aromatic heterocycles. The summed E-state index contributed by atoms with van der Waals surface area (Å²) in [5.74, 6) is 0.0929. The number of aryl methyl sites for hydroxylation is 1. The van der Waals surface area contributed by atoms with Gasteiger partial charge in [-0.2, -0.15) is 0 Å². The summed E-state index contributed by atoms with van der Waals surface area (Å²) in [5.41, 5.74) is 1.52. The molecular formula is C14H17ClN2O2. The van der Waals surface area contributed by atoms with Crippen LogP contribution in [0, 0.1) is 5.41 Å². The maximum Gasteiger partial charge on any atom is 0.303 e. The molecule has 0 unspecified atom stereocenters. The van der Waals surface area contributed by atoms with Crippen LogP contribution in [0.4, 0.5) is 0 Å². The highest BCUT2D eigenvalue weighted by molar-refractivity contribution is 6.31. The lowest BCUT2D eigenvalue weighted by Crippen LogP contribution is -2.21. The Balaban J connectivity index is 2.35. The summed E-state index contributed by atoms with van der Waals surface area (Å²) in [5, 5.41) is 9.58. The molecule has 0 saturated carbocycles. The SMILES string of the molecule is Cn1c(CC(C)(C)CC(=O)O)nc2cc(Cl)ccc21. The third-order valence-corrected chi connectivity index (χ3v) is 3.44. The second-order valence-corrected chi connectivity index (χ2v) is 6.07. The number of carbonyl (C=O) groups is 1. The van der Waals surface area contributed by atoms with Gasteiger partial charge in [-0.05, 0) is 23.6 Å². The Bertz CT molecular complexity index is 632. The van der Waals surface area contributed by atoms with E-state index in [0.29, 0.717) is 11.4 Å². The van der Waals surface area contributed by atoms with Gasteiger partial charge in [-0.25, -0.2) is 4.98 Å². The molecule has 0 spiro atoms. The molecule has 0 radical (unpaired) electrons. The summed E-state index contributed by atoms with van der Waals surface area (Å²) in [7, 11) is 1.94. The average Bonchev–Trinajstić information content (AvgIpc) is 2.52. The molecule has 0 bridgehead atoms. The minimum absolute atomic E-state index is 0.122. The van der Waals surface area contributed by atoms with E-state index >= 15 is 0 Å². The van der Waals surface area contributed by atoms with Crippen molar-refractivity contribution in [3.05, 3.63) is 29.0 Å². The fourth-order valence-electron chi connectivity index (χ4n) is 2.28. The topological polar surface area (TPSA) is 55.1 Å². The van der Waals surface area contributed by atoms with Crippen LogP contribution in [0.1, 0.15) is 26.1 Å². The Kier molecular flexibility index (Phi) is 3.54. The van der Waals surface area contributed by atoms with Gasteiger partial charge in [-0.15, -0.1) is 0 Å². The van der Waals surface area contributed by atoms with Crippen molar-refractivity contribution in [1.29, 1.82) is 0 Å². The van der Waals surface area contributed by atoms with Crippen molar-refractivity contribution in [2.45, 2.75) is 26.7 Å². The van der Waals surface area contributed by atoms with Gasteiger partial charge < -0.3 is 9.67 Å². The molecule has 2 aromatic rings. The van der Waals surface area contributed by atoms with Gasteiger partial charge in [-0.1, -0.05) is 25.4 Å². The molecule has 5 heteroatoms. The smallest absolute Gasteiger partial charge is 0.303 e. The predicted molar refractivity (Wildman–Crippen MR) is 75.5 cm³/mol. The molecule has 0 amide bonds. The van der Waals surface area contributed by atoms with Crippen molar-refractivity contribution >= 4 is 28.6 Å². The van der Waals surface area contributed by atoms with E-state index in [0.717, 1.165) is 16.9 Å². The lowest BCUT2D eigenvalue weighted by atomic mass is 9.85. The van der Waals surface area contributed by atoms with Crippen LogP contribution in [0.15, 0.2) is 18.2 Å². The molecule has 1 heterocycles. The number of aliphatic carboxylic acids is 1. The highest BCUT2D eigenvalue weighted by Gasteiger charge is 2.24. The van der Waals surface area contributed by atoms with Crippen LogP contribution in [0.5, 0.6) is 0 Å². The van der Waals surface area contributed by atoms with Gasteiger partial charge in [0, 0.05) is 18.5 Å². The fraction of sp³-hybridized carbons (Fsp3) is 0.429. The van der Waals surface area contributed by atoms with Crippen LogP contribution in [0.2, 0.25) is 5.02 Å². The van der Waals surface area contributed by atoms with E-state index in [9.17, 15) is 4.79 Å². The Hall–Kier alpha value is -1.55. The average molecular weight is 281 g/mol. The zero-order valence-electron chi connectivity index (χ0n) is 11.3. The van der Waals surface area contributed by atoms with E-state index in [-0.39, 0.29) is 11.8 Å². The van der Waals surface area contributed by atoms with E-state index in [2.05, 4.69) is 4.98 Å². The molecule has 0 saturated heterocycles. The molecule has 1 N–H and O–H groups in total. The first kappa shape index (κ1) is 13.9. The third kappa shape index (κ3) is 3.07. The second kappa shape index (κ2) is 4.85. The van der Waals surface area contributed by atoms with Gasteiger partial charge in [0.2, 0.25) is 0 Å². The highest BCUT2D eigenvalue weighted by atomic mass is 35.5. The summed E-state index contributed by atoms with van der Waals surface area (Å²) in [4.78, 5) is 15.4. The number of hydrogen-bond acceptors (Lipinski definition) is 2. The van der Waals surface area contributed by atoms with Crippen molar-refractivity contribution in [2.75, 3.05) is 0 Å². The molecule has 102 valence electrons. The molecule has 19 heavy (non-hydrogen) atoms. The number of carboxylic acids is 1. The van der Waals surface area contributed by atoms with Gasteiger partial charge in [0.15, 0.2) is 0 Å². The molecule has 4 nitrogen and oxygen atoms in total. The number of rotatable bonds is 4. The van der Waals surface area contributed by atoms with Crippen molar-refractivity contribution in [1.82, 2.24) is 9.55 Å². The van der Waals surface area contributed by atoms with Crippen molar-refractivity contribution in [3.8, 4) is 0 Å². The molecular weight excluding hydrogens is 264 g/mol. The minimum Gasteiger partial charge on any atom is -0.481 e. The number of benzene rings is 1. The number of imidazole rings is 1. The number of aromatic nitrogens is 2. The molecule has 0 aliphatic rings. The fourth-order valence-corrected chi connectivity index (χ4v) is 2.45. The lowest BCUT2D eigenvalue weighted by molar-refractivity contribution is -0.139. The van der Waals surface area contributed by atoms with E-state index in [4.69, 9.17) is 16.7 Å². The Morgan fingerprint density at radius 1 is 1.47 bits per heavy atom. The van der Waals surface area contributed by atoms with Crippen LogP contribution < -0.4 is 0 Å². The number of fused-ring (bicyclic) bond motifs is 1. The van der Waals surface area contributed by atoms with Crippen molar-refractivity contribution in [2.24, 2.45) is 12.5 Å². The Labute approximate surface area is 117 Å². The van der Waals surface area contributed by atoms with Gasteiger partial charge in [0.05, 0.1) is 17.5 Å². The zero-order chi connectivity index (χ0) is 14.2. The van der Waals surface area contributed by atoms with Crippen molar-refractivity contribution < 1.29 is 9.90 Å². The summed E-state index contributed by atoms with van der Waals surface area (Å²) in [6.07, 6.45) is 0.735. The molecule has 2 rings (SSSR count). The summed E-state index contributed by atoms with van der Waals surface area (Å²) < 4.78 is 2.00. The first-order valence-corrected chi connectivity index (χ1v) is 6.49. The molecule has 0 aliphatic carbocycles. The van der Waals surface area contributed by atoms with Crippen LogP contribution in [-0.4, -0.2) is 20.6 Å². The standard InChI is InChI=1S/C14H17ClN2O2/c1-14(2,8-13(18)19)7-12-16-10-6-9(15)4-5-11(10)17(12)3/h4-6H,7-8H2,1-3H3,(H,18,19). The predicted octanol–water partition coefficient (Wildman–Crippen LogP) is 3.27. The molecule has 0 aliphatic heterocycles.